The van der Waals surface area contributed by atoms with Gasteiger partial charge in [0.2, 0.25) is 10.1 Å². The number of carbonyl (C=O) groups is 2. The number of nitrogens with zero attached hydrogens (tertiary/aromatic N) is 3. The number of rotatable bonds is 6. The number of carbonyl (C=O) groups excluding carboxylic acids is 2. The largest absolute Gasteiger partial charge is 0.497 e. The number of hydrazone groups is 1. The van der Waals surface area contributed by atoms with Crippen LogP contribution in [0.2, 0.25) is 0 Å². The molecule has 1 saturated heterocycles. The third-order valence-corrected chi connectivity index (χ3v) is 9.58. The minimum absolute atomic E-state index is 0.156. The maximum Gasteiger partial charge on any atom is 0.268 e. The van der Waals surface area contributed by atoms with Gasteiger partial charge >= 0.3 is 0 Å². The summed E-state index contributed by atoms with van der Waals surface area (Å²) in [5.41, 5.74) is 2.37. The Bertz CT molecular complexity index is 1540. The number of methoxy groups -OCH3 is 1. The average molecular weight is 556 g/mol. The first-order valence-electron chi connectivity index (χ1n) is 11.7. The molecular weight excluding hydrogens is 535 g/mol. The molecule has 6 nitrogen and oxygen atoms in total. The Kier molecular flexibility index (Phi) is 6.57. The topological polar surface area (TPSA) is 62.2 Å². The van der Waals surface area contributed by atoms with Crippen molar-refractivity contribution in [3.63, 3.8) is 0 Å². The zero-order valence-electron chi connectivity index (χ0n) is 20.2. The van der Waals surface area contributed by atoms with Gasteiger partial charge in [0.15, 0.2) is 5.04 Å². The normalized spacial score (nSPS) is 19.9. The van der Waals surface area contributed by atoms with Gasteiger partial charge < -0.3 is 4.74 Å². The van der Waals surface area contributed by atoms with Gasteiger partial charge in [-0.15, -0.1) is 11.3 Å². The number of thioether (sulfide) groups is 2. The van der Waals surface area contributed by atoms with Crippen LogP contribution in [0.3, 0.4) is 0 Å². The summed E-state index contributed by atoms with van der Waals surface area (Å²) in [7, 11) is 1.62. The van der Waals surface area contributed by atoms with Crippen LogP contribution in [0.4, 0.5) is 11.4 Å². The van der Waals surface area contributed by atoms with Crippen molar-refractivity contribution < 1.29 is 14.3 Å². The molecule has 0 aliphatic carbocycles. The molecule has 0 saturated carbocycles. The fourth-order valence-electron chi connectivity index (χ4n) is 4.21. The van der Waals surface area contributed by atoms with Gasteiger partial charge in [0.1, 0.15) is 5.75 Å². The van der Waals surface area contributed by atoms with Crippen LogP contribution in [-0.2, 0) is 4.79 Å². The molecule has 6 rings (SSSR count). The van der Waals surface area contributed by atoms with E-state index in [1.807, 2.05) is 102 Å². The summed E-state index contributed by atoms with van der Waals surface area (Å²) in [6, 6.07) is 30.4. The van der Waals surface area contributed by atoms with Crippen LogP contribution in [-0.4, -0.2) is 28.2 Å². The molecule has 1 amide bonds. The van der Waals surface area contributed by atoms with Crippen molar-refractivity contribution in [1.82, 2.24) is 0 Å². The minimum atomic E-state index is -1.07. The molecule has 38 heavy (non-hydrogen) atoms. The average Bonchev–Trinajstić information content (AvgIpc) is 3.69. The van der Waals surface area contributed by atoms with Crippen molar-refractivity contribution in [2.45, 2.75) is 4.33 Å². The lowest BCUT2D eigenvalue weighted by molar-refractivity contribution is -0.114. The maximum absolute atomic E-state index is 14.1. The van der Waals surface area contributed by atoms with Gasteiger partial charge in [-0.2, -0.15) is 5.10 Å². The van der Waals surface area contributed by atoms with Gasteiger partial charge in [0, 0.05) is 5.69 Å². The van der Waals surface area contributed by atoms with Crippen LogP contribution >= 0.6 is 34.9 Å². The number of ether oxygens (including phenoxy) is 1. The lowest BCUT2D eigenvalue weighted by Gasteiger charge is -2.38. The van der Waals surface area contributed by atoms with Crippen LogP contribution in [0.5, 0.6) is 5.75 Å². The Balaban J connectivity index is 1.49. The number of para-hydroxylation sites is 2. The molecule has 0 bridgehead atoms. The van der Waals surface area contributed by atoms with E-state index in [-0.39, 0.29) is 11.7 Å². The second-order valence-corrected chi connectivity index (χ2v) is 11.9. The molecule has 0 N–H and O–H groups in total. The van der Waals surface area contributed by atoms with E-state index in [4.69, 9.17) is 9.84 Å². The first-order chi connectivity index (χ1) is 18.6. The lowest BCUT2D eigenvalue weighted by atomic mass is 10.2. The molecule has 1 atom stereocenters. The Labute approximate surface area is 232 Å². The number of anilines is 2. The molecule has 1 fully saturated rings. The fraction of sp³-hybridized carbons (Fsp3) is 0.0690. The molecule has 2 aliphatic heterocycles. The van der Waals surface area contributed by atoms with Gasteiger partial charge in [-0.05, 0) is 71.2 Å². The zero-order valence-corrected chi connectivity index (χ0v) is 22.6. The molecule has 188 valence electrons. The summed E-state index contributed by atoms with van der Waals surface area (Å²) < 4.78 is 4.21. The maximum atomic E-state index is 14.1. The van der Waals surface area contributed by atoms with Crippen LogP contribution in [0.1, 0.15) is 15.2 Å². The number of hydrogen-bond acceptors (Lipinski definition) is 8. The van der Waals surface area contributed by atoms with E-state index in [0.717, 1.165) is 22.7 Å². The van der Waals surface area contributed by atoms with Crippen molar-refractivity contribution in [2.75, 3.05) is 17.0 Å². The summed E-state index contributed by atoms with van der Waals surface area (Å²) in [6.45, 7) is 0. The molecule has 0 radical (unpaired) electrons. The van der Waals surface area contributed by atoms with Crippen LogP contribution in [0.15, 0.2) is 112 Å². The third kappa shape index (κ3) is 4.32. The predicted molar refractivity (Wildman–Crippen MR) is 158 cm³/mol. The van der Waals surface area contributed by atoms with Gasteiger partial charge in [-0.3, -0.25) is 14.5 Å². The smallest absolute Gasteiger partial charge is 0.268 e. The molecule has 1 aromatic heterocycles. The monoisotopic (exact) mass is 555 g/mol. The fourth-order valence-corrected chi connectivity index (χ4v) is 7.88. The van der Waals surface area contributed by atoms with E-state index in [2.05, 4.69) is 0 Å². The van der Waals surface area contributed by atoms with Crippen molar-refractivity contribution >= 4 is 69.0 Å². The Hall–Kier alpha value is -3.79. The highest BCUT2D eigenvalue weighted by molar-refractivity contribution is 8.29. The summed E-state index contributed by atoms with van der Waals surface area (Å²) in [6.07, 6.45) is 1.87. The van der Waals surface area contributed by atoms with Gasteiger partial charge in [-0.25, -0.2) is 5.01 Å². The summed E-state index contributed by atoms with van der Waals surface area (Å²) in [5, 5.41) is 8.84. The number of thiophene rings is 1. The van der Waals surface area contributed by atoms with Crippen LogP contribution < -0.4 is 14.6 Å². The summed E-state index contributed by atoms with van der Waals surface area (Å²) in [4.78, 5) is 30.5. The standard InChI is InChI=1S/C29H21N3O3S3/c1-35-23-16-14-20(15-17-23)19-25-28(34)31(21-9-4-2-5-10-21)29(37-25)32(22-11-6-3-7-12-22)30-27(38-29)26(33)24-13-8-18-36-24/h2-19H,1H3/b25-19+. The molecule has 3 heterocycles. The molecule has 1 spiro atoms. The first-order valence-corrected chi connectivity index (χ1v) is 14.3. The number of benzene rings is 3. The SMILES string of the molecule is COc1ccc(/C=C2/SC3(SC(C(=O)c4cccs4)=NN3c3ccccc3)N(c3ccccc3)C2=O)cc1. The number of amides is 1. The van der Waals surface area contributed by atoms with Crippen molar-refractivity contribution in [3.8, 4) is 5.75 Å². The van der Waals surface area contributed by atoms with E-state index < -0.39 is 4.33 Å². The summed E-state index contributed by atoms with van der Waals surface area (Å²) in [5.74, 6) is 0.425. The molecule has 3 aromatic carbocycles. The van der Waals surface area contributed by atoms with Crippen molar-refractivity contribution in [3.05, 3.63) is 118 Å². The number of hydrogen-bond donors (Lipinski definition) is 0. The van der Waals surface area contributed by atoms with Crippen LogP contribution in [0.25, 0.3) is 6.08 Å². The number of Topliss-reactive ketones (excluding diaryl/α,β-unsaturated/α-hetero) is 1. The Morgan fingerprint density at radius 1 is 0.868 bits per heavy atom. The quantitative estimate of drug-likeness (QED) is 0.190. The van der Waals surface area contributed by atoms with Crippen molar-refractivity contribution in [2.24, 2.45) is 5.10 Å². The molecule has 2 aliphatic rings. The predicted octanol–water partition coefficient (Wildman–Crippen LogP) is 6.94. The number of ketones is 1. The highest BCUT2D eigenvalue weighted by Gasteiger charge is 2.60. The second kappa shape index (κ2) is 10.2. The molecule has 9 heteroatoms. The first kappa shape index (κ1) is 24.5. The molecule has 4 aromatic rings. The van der Waals surface area contributed by atoms with Gasteiger partial charge in [0.25, 0.3) is 5.91 Å². The zero-order chi connectivity index (χ0) is 26.1. The molecular formula is C29H21N3O3S3. The Morgan fingerprint density at radius 2 is 1.55 bits per heavy atom. The van der Waals surface area contributed by atoms with E-state index in [9.17, 15) is 9.59 Å². The molecule has 1 unspecified atom stereocenters. The van der Waals surface area contributed by atoms with E-state index in [1.54, 1.807) is 23.1 Å². The second-order valence-electron chi connectivity index (χ2n) is 8.37. The highest BCUT2D eigenvalue weighted by Crippen LogP contribution is 2.59. The summed E-state index contributed by atoms with van der Waals surface area (Å²) >= 11 is 4.06. The van der Waals surface area contributed by atoms with Gasteiger partial charge in [-0.1, -0.05) is 66.4 Å². The van der Waals surface area contributed by atoms with E-state index in [1.165, 1.54) is 34.9 Å². The van der Waals surface area contributed by atoms with E-state index in [0.29, 0.717) is 14.8 Å². The highest BCUT2D eigenvalue weighted by atomic mass is 32.2. The van der Waals surface area contributed by atoms with E-state index >= 15 is 0 Å². The Morgan fingerprint density at radius 3 is 2.18 bits per heavy atom. The third-order valence-electron chi connectivity index (χ3n) is 6.00. The van der Waals surface area contributed by atoms with Gasteiger partial charge in [0.05, 0.1) is 22.6 Å². The minimum Gasteiger partial charge on any atom is -0.497 e. The lowest BCUT2D eigenvalue weighted by Crippen LogP contribution is -2.51. The van der Waals surface area contributed by atoms with Crippen molar-refractivity contribution in [1.29, 1.82) is 0 Å². The van der Waals surface area contributed by atoms with Crippen LogP contribution in [0, 0.1) is 0 Å².